The quantitative estimate of drug-likeness (QED) is 0.558. The van der Waals surface area contributed by atoms with Gasteiger partial charge in [-0.1, -0.05) is 28.1 Å². The maximum Gasteiger partial charge on any atom is 0.260 e. The van der Waals surface area contributed by atoms with E-state index in [0.29, 0.717) is 0 Å². The van der Waals surface area contributed by atoms with Crippen LogP contribution >= 0.6 is 15.9 Å². The molecule has 0 radical (unpaired) electrons. The standard InChI is InChI=1S/C12H13BrN4O2S/c13-10-5-3-9(4-6-10)8-16-20(18,19)12-11(17-14)2-1-7-15-12/h1-7,16-17H,8,14H2. The van der Waals surface area contributed by atoms with E-state index in [-0.39, 0.29) is 17.3 Å². The minimum absolute atomic E-state index is 0.125. The Labute approximate surface area is 125 Å². The summed E-state index contributed by atoms with van der Waals surface area (Å²) in [5, 5.41) is -0.125. The first kappa shape index (κ1) is 14.9. The van der Waals surface area contributed by atoms with Gasteiger partial charge in [-0.2, -0.15) is 0 Å². The highest BCUT2D eigenvalue weighted by Crippen LogP contribution is 2.17. The molecular weight excluding hydrogens is 344 g/mol. The Morgan fingerprint density at radius 3 is 2.55 bits per heavy atom. The molecule has 0 saturated heterocycles. The first-order chi connectivity index (χ1) is 9.53. The molecule has 6 nitrogen and oxygen atoms in total. The highest BCUT2D eigenvalue weighted by molar-refractivity contribution is 9.10. The summed E-state index contributed by atoms with van der Waals surface area (Å²) < 4.78 is 27.8. The lowest BCUT2D eigenvalue weighted by molar-refractivity contribution is 0.578. The number of anilines is 1. The van der Waals surface area contributed by atoms with Gasteiger partial charge < -0.3 is 5.43 Å². The molecule has 20 heavy (non-hydrogen) atoms. The number of hydrogen-bond acceptors (Lipinski definition) is 5. The van der Waals surface area contributed by atoms with Gasteiger partial charge >= 0.3 is 0 Å². The van der Waals surface area contributed by atoms with E-state index < -0.39 is 10.0 Å². The Morgan fingerprint density at radius 2 is 1.90 bits per heavy atom. The summed E-state index contributed by atoms with van der Waals surface area (Å²) in [6.45, 7) is 0.177. The van der Waals surface area contributed by atoms with Crippen molar-refractivity contribution in [3.8, 4) is 0 Å². The number of benzene rings is 1. The SMILES string of the molecule is NNc1cccnc1S(=O)(=O)NCc1ccc(Br)cc1. The van der Waals surface area contributed by atoms with Crippen LogP contribution in [-0.4, -0.2) is 13.4 Å². The molecule has 0 aliphatic carbocycles. The number of nitrogens with zero attached hydrogens (tertiary/aromatic N) is 1. The van der Waals surface area contributed by atoms with Crippen LogP contribution in [0.5, 0.6) is 0 Å². The summed E-state index contributed by atoms with van der Waals surface area (Å²) in [6.07, 6.45) is 1.40. The number of sulfonamides is 1. The van der Waals surface area contributed by atoms with Gasteiger partial charge in [-0.15, -0.1) is 0 Å². The number of aromatic nitrogens is 1. The summed E-state index contributed by atoms with van der Waals surface area (Å²) in [6, 6.07) is 10.5. The summed E-state index contributed by atoms with van der Waals surface area (Å²) in [7, 11) is -3.73. The molecule has 0 amide bonds. The van der Waals surface area contributed by atoms with Crippen LogP contribution in [0.15, 0.2) is 52.1 Å². The second-order valence-corrected chi connectivity index (χ2v) is 6.55. The number of rotatable bonds is 5. The number of nitrogen functional groups attached to an aromatic ring is 1. The molecule has 0 spiro atoms. The van der Waals surface area contributed by atoms with Crippen molar-refractivity contribution in [2.45, 2.75) is 11.6 Å². The van der Waals surface area contributed by atoms with Gasteiger partial charge in [0.25, 0.3) is 10.0 Å². The molecule has 0 aliphatic heterocycles. The summed E-state index contributed by atoms with van der Waals surface area (Å²) >= 11 is 3.32. The number of nitrogens with two attached hydrogens (primary N) is 1. The van der Waals surface area contributed by atoms with Crippen LogP contribution in [-0.2, 0) is 16.6 Å². The van der Waals surface area contributed by atoms with Crippen molar-refractivity contribution in [3.63, 3.8) is 0 Å². The van der Waals surface area contributed by atoms with Gasteiger partial charge in [0.05, 0.1) is 5.69 Å². The van der Waals surface area contributed by atoms with E-state index in [1.165, 1.54) is 6.20 Å². The van der Waals surface area contributed by atoms with Crippen molar-refractivity contribution in [2.75, 3.05) is 5.43 Å². The first-order valence-electron chi connectivity index (χ1n) is 5.68. The number of hydrazine groups is 1. The van der Waals surface area contributed by atoms with Crippen molar-refractivity contribution in [2.24, 2.45) is 5.84 Å². The Bertz CT molecular complexity index is 689. The zero-order valence-corrected chi connectivity index (χ0v) is 12.8. The van der Waals surface area contributed by atoms with Crippen LogP contribution in [0.4, 0.5) is 5.69 Å². The second-order valence-electron chi connectivity index (χ2n) is 3.95. The molecule has 0 atom stereocenters. The smallest absolute Gasteiger partial charge is 0.260 e. The number of nitrogens with one attached hydrogen (secondary N) is 2. The molecule has 0 aliphatic rings. The molecule has 1 heterocycles. The fourth-order valence-corrected chi connectivity index (χ4v) is 2.94. The van der Waals surface area contributed by atoms with Crippen molar-refractivity contribution in [1.29, 1.82) is 0 Å². The molecular formula is C12H13BrN4O2S. The van der Waals surface area contributed by atoms with E-state index in [4.69, 9.17) is 5.84 Å². The van der Waals surface area contributed by atoms with Gasteiger partial charge in [0.1, 0.15) is 0 Å². The van der Waals surface area contributed by atoms with Crippen molar-refractivity contribution in [3.05, 3.63) is 52.6 Å². The number of pyridine rings is 1. The van der Waals surface area contributed by atoms with Crippen molar-refractivity contribution < 1.29 is 8.42 Å². The average molecular weight is 357 g/mol. The third-order valence-electron chi connectivity index (χ3n) is 2.56. The van der Waals surface area contributed by atoms with Crippen molar-refractivity contribution >= 4 is 31.6 Å². The zero-order valence-electron chi connectivity index (χ0n) is 10.4. The summed E-state index contributed by atoms with van der Waals surface area (Å²) in [5.41, 5.74) is 3.41. The second kappa shape index (κ2) is 6.31. The third kappa shape index (κ3) is 3.54. The molecule has 0 bridgehead atoms. The van der Waals surface area contributed by atoms with Crippen LogP contribution in [0, 0.1) is 0 Å². The molecule has 2 rings (SSSR count). The predicted molar refractivity (Wildman–Crippen MR) is 80.2 cm³/mol. The van der Waals surface area contributed by atoms with Crippen LogP contribution in [0.2, 0.25) is 0 Å². The largest absolute Gasteiger partial charge is 0.321 e. The van der Waals surface area contributed by atoms with Gasteiger partial charge in [0, 0.05) is 17.2 Å². The van der Waals surface area contributed by atoms with E-state index in [1.807, 2.05) is 24.3 Å². The van der Waals surface area contributed by atoms with E-state index in [0.717, 1.165) is 10.0 Å². The van der Waals surface area contributed by atoms with Gasteiger partial charge in [0.15, 0.2) is 5.03 Å². The molecule has 1 aromatic carbocycles. The van der Waals surface area contributed by atoms with Crippen molar-refractivity contribution in [1.82, 2.24) is 9.71 Å². The van der Waals surface area contributed by atoms with Gasteiger partial charge in [-0.25, -0.2) is 18.1 Å². The zero-order chi connectivity index (χ0) is 14.6. The molecule has 4 N–H and O–H groups in total. The predicted octanol–water partition coefficient (Wildman–Crippen LogP) is 1.61. The maximum absolute atomic E-state index is 12.2. The highest BCUT2D eigenvalue weighted by atomic mass is 79.9. The van der Waals surface area contributed by atoms with E-state index >= 15 is 0 Å². The maximum atomic E-state index is 12.2. The van der Waals surface area contributed by atoms with Crippen LogP contribution in [0.3, 0.4) is 0 Å². The van der Waals surface area contributed by atoms with Crippen LogP contribution in [0.1, 0.15) is 5.56 Å². The Balaban J connectivity index is 2.17. The van der Waals surface area contributed by atoms with Gasteiger partial charge in [-0.3, -0.25) is 5.84 Å². The normalized spacial score (nSPS) is 11.3. The van der Waals surface area contributed by atoms with E-state index in [2.05, 4.69) is 31.1 Å². The lowest BCUT2D eigenvalue weighted by atomic mass is 10.2. The monoisotopic (exact) mass is 356 g/mol. The molecule has 0 unspecified atom stereocenters. The van der Waals surface area contributed by atoms with E-state index in [1.54, 1.807) is 12.1 Å². The highest BCUT2D eigenvalue weighted by Gasteiger charge is 2.19. The van der Waals surface area contributed by atoms with Crippen LogP contribution in [0.25, 0.3) is 0 Å². The fraction of sp³-hybridized carbons (Fsp3) is 0.0833. The Kier molecular flexibility index (Phi) is 4.71. The molecule has 2 aromatic rings. The fourth-order valence-electron chi connectivity index (χ4n) is 1.56. The topological polar surface area (TPSA) is 97.1 Å². The number of halogens is 1. The molecule has 0 fully saturated rings. The van der Waals surface area contributed by atoms with Crippen LogP contribution < -0.4 is 16.0 Å². The average Bonchev–Trinajstić information content (AvgIpc) is 2.46. The number of hydrogen-bond donors (Lipinski definition) is 3. The minimum Gasteiger partial charge on any atom is -0.321 e. The summed E-state index contributed by atoms with van der Waals surface area (Å²) in [5.74, 6) is 5.28. The van der Waals surface area contributed by atoms with Gasteiger partial charge in [-0.05, 0) is 29.8 Å². The Morgan fingerprint density at radius 1 is 1.20 bits per heavy atom. The molecule has 106 valence electrons. The lowest BCUT2D eigenvalue weighted by Crippen LogP contribution is -2.26. The lowest BCUT2D eigenvalue weighted by Gasteiger charge is -2.09. The Hall–Kier alpha value is -1.48. The molecule has 8 heteroatoms. The summed E-state index contributed by atoms with van der Waals surface area (Å²) in [4.78, 5) is 3.85. The first-order valence-corrected chi connectivity index (χ1v) is 7.96. The van der Waals surface area contributed by atoms with E-state index in [9.17, 15) is 8.42 Å². The third-order valence-corrected chi connectivity index (χ3v) is 4.45. The molecule has 0 saturated carbocycles. The minimum atomic E-state index is -3.73. The van der Waals surface area contributed by atoms with Gasteiger partial charge in [0.2, 0.25) is 0 Å². The molecule has 1 aromatic heterocycles.